The zero-order chi connectivity index (χ0) is 18.0. The van der Waals surface area contributed by atoms with Crippen LogP contribution in [0.25, 0.3) is 0 Å². The van der Waals surface area contributed by atoms with Crippen LogP contribution in [-0.2, 0) is 9.47 Å². The Labute approximate surface area is 137 Å². The first-order valence-corrected chi connectivity index (χ1v) is 7.28. The first-order chi connectivity index (χ1) is 10.8. The number of benzene rings is 1. The van der Waals surface area contributed by atoms with Gasteiger partial charge in [-0.3, -0.25) is 5.43 Å². The number of ether oxygens (including phenoxy) is 3. The molecule has 1 amide bonds. The minimum atomic E-state index is -0.627. The Morgan fingerprint density at radius 1 is 1.09 bits per heavy atom. The van der Waals surface area contributed by atoms with Gasteiger partial charge in [0.2, 0.25) is 0 Å². The van der Waals surface area contributed by atoms with Crippen molar-refractivity contribution >= 4 is 17.7 Å². The molecule has 0 aliphatic heterocycles. The van der Waals surface area contributed by atoms with E-state index in [9.17, 15) is 9.59 Å². The minimum Gasteiger partial charge on any atom is -0.496 e. The van der Waals surface area contributed by atoms with E-state index in [1.54, 1.807) is 32.9 Å². The number of anilines is 1. The van der Waals surface area contributed by atoms with Crippen molar-refractivity contribution < 1.29 is 23.8 Å². The van der Waals surface area contributed by atoms with Gasteiger partial charge in [-0.1, -0.05) is 13.8 Å². The predicted octanol–water partition coefficient (Wildman–Crippen LogP) is 3.36. The average molecular weight is 326 g/mol. The molecule has 1 aromatic carbocycles. The van der Waals surface area contributed by atoms with Crippen LogP contribution in [0.2, 0.25) is 0 Å². The highest BCUT2D eigenvalue weighted by Gasteiger charge is 2.17. The molecule has 1 aromatic rings. The van der Waals surface area contributed by atoms with E-state index in [1.165, 1.54) is 20.3 Å². The van der Waals surface area contributed by atoms with Gasteiger partial charge in [0.1, 0.15) is 16.9 Å². The monoisotopic (exact) mass is 326 g/mol. The van der Waals surface area contributed by atoms with Crippen LogP contribution in [0.15, 0.2) is 18.2 Å². The standard InChI is InChI=1S/C14H20N2O5.C2H6/c1-14(2,3)21-13(18)16-15-9-6-7-11(19-4)10(8-9)12(17)20-5;1-2/h6-8,15H,1-5H3,(H,16,18);1-2H3. The third kappa shape index (κ3) is 7.39. The van der Waals surface area contributed by atoms with Crippen LogP contribution < -0.4 is 15.6 Å². The summed E-state index contributed by atoms with van der Waals surface area (Å²) in [5.41, 5.74) is 5.16. The van der Waals surface area contributed by atoms with Gasteiger partial charge >= 0.3 is 12.1 Å². The number of nitrogens with one attached hydrogen (secondary N) is 2. The molecule has 0 aromatic heterocycles. The summed E-state index contributed by atoms with van der Waals surface area (Å²) in [6, 6.07) is 4.73. The number of hydrazine groups is 1. The number of amides is 1. The van der Waals surface area contributed by atoms with Gasteiger partial charge in [0.25, 0.3) is 0 Å². The fourth-order valence-electron chi connectivity index (χ4n) is 1.48. The summed E-state index contributed by atoms with van der Waals surface area (Å²) in [6.45, 7) is 9.28. The van der Waals surface area contributed by atoms with Gasteiger partial charge in [-0.15, -0.1) is 0 Å². The van der Waals surface area contributed by atoms with E-state index >= 15 is 0 Å². The summed E-state index contributed by atoms with van der Waals surface area (Å²) in [4.78, 5) is 23.1. The highest BCUT2D eigenvalue weighted by molar-refractivity contribution is 5.93. The largest absolute Gasteiger partial charge is 0.496 e. The molecule has 23 heavy (non-hydrogen) atoms. The van der Waals surface area contributed by atoms with E-state index < -0.39 is 17.7 Å². The summed E-state index contributed by atoms with van der Waals surface area (Å²) >= 11 is 0. The molecule has 0 aliphatic carbocycles. The van der Waals surface area contributed by atoms with Gasteiger partial charge in [-0.25, -0.2) is 15.0 Å². The van der Waals surface area contributed by atoms with Crippen molar-refractivity contribution in [1.29, 1.82) is 0 Å². The fourth-order valence-corrected chi connectivity index (χ4v) is 1.48. The lowest BCUT2D eigenvalue weighted by Gasteiger charge is -2.20. The van der Waals surface area contributed by atoms with E-state index in [4.69, 9.17) is 9.47 Å². The zero-order valence-corrected chi connectivity index (χ0v) is 14.8. The van der Waals surface area contributed by atoms with Crippen molar-refractivity contribution in [2.24, 2.45) is 0 Å². The van der Waals surface area contributed by atoms with Crippen LogP contribution in [-0.4, -0.2) is 31.9 Å². The molecule has 0 fully saturated rings. The molecule has 0 bridgehead atoms. The molecular formula is C16H26N2O5. The van der Waals surface area contributed by atoms with Crippen LogP contribution in [0.5, 0.6) is 5.75 Å². The summed E-state index contributed by atoms with van der Waals surface area (Å²) in [7, 11) is 2.73. The van der Waals surface area contributed by atoms with Crippen molar-refractivity contribution in [2.75, 3.05) is 19.6 Å². The summed E-state index contributed by atoms with van der Waals surface area (Å²) in [5, 5.41) is 0. The third-order valence-electron chi connectivity index (χ3n) is 2.31. The number of carbonyl (C=O) groups is 2. The summed E-state index contributed by atoms with van der Waals surface area (Å²) in [5.74, 6) is -0.155. The smallest absolute Gasteiger partial charge is 0.426 e. The molecule has 7 nitrogen and oxygen atoms in total. The second kappa shape index (κ2) is 9.55. The highest BCUT2D eigenvalue weighted by atomic mass is 16.6. The first-order valence-electron chi connectivity index (χ1n) is 7.28. The average Bonchev–Trinajstić information content (AvgIpc) is 2.52. The normalized spacial score (nSPS) is 9.87. The predicted molar refractivity (Wildman–Crippen MR) is 88.7 cm³/mol. The lowest BCUT2D eigenvalue weighted by atomic mass is 10.2. The van der Waals surface area contributed by atoms with Gasteiger partial charge in [0.05, 0.1) is 19.9 Å². The Hall–Kier alpha value is -2.44. The van der Waals surface area contributed by atoms with Gasteiger partial charge in [0, 0.05) is 0 Å². The van der Waals surface area contributed by atoms with Gasteiger partial charge in [-0.2, -0.15) is 0 Å². The Kier molecular flexibility index (Phi) is 8.54. The second-order valence-corrected chi connectivity index (χ2v) is 5.16. The second-order valence-electron chi connectivity index (χ2n) is 5.16. The van der Waals surface area contributed by atoms with E-state index in [1.807, 2.05) is 13.8 Å². The fraction of sp³-hybridized carbons (Fsp3) is 0.500. The van der Waals surface area contributed by atoms with Gasteiger partial charge < -0.3 is 14.2 Å². The van der Waals surface area contributed by atoms with Crippen LogP contribution in [0, 0.1) is 0 Å². The van der Waals surface area contributed by atoms with Crippen molar-refractivity contribution in [2.45, 2.75) is 40.2 Å². The molecule has 0 spiro atoms. The Bertz CT molecular complexity index is 524. The molecule has 2 N–H and O–H groups in total. The van der Waals surface area contributed by atoms with Crippen LogP contribution in [0.1, 0.15) is 45.0 Å². The maximum atomic E-state index is 11.6. The minimum absolute atomic E-state index is 0.246. The van der Waals surface area contributed by atoms with E-state index in [0.717, 1.165) is 0 Å². The zero-order valence-electron chi connectivity index (χ0n) is 14.8. The number of hydrogen-bond acceptors (Lipinski definition) is 6. The highest BCUT2D eigenvalue weighted by Crippen LogP contribution is 2.23. The SMILES string of the molecule is CC.COC(=O)c1cc(NNC(=O)OC(C)(C)C)ccc1OC. The summed E-state index contributed by atoms with van der Waals surface area (Å²) < 4.78 is 14.8. The van der Waals surface area contributed by atoms with E-state index in [-0.39, 0.29) is 5.56 Å². The molecule has 0 atom stereocenters. The molecule has 0 saturated heterocycles. The molecule has 0 heterocycles. The number of esters is 1. The number of hydrogen-bond donors (Lipinski definition) is 2. The maximum absolute atomic E-state index is 11.6. The third-order valence-corrected chi connectivity index (χ3v) is 2.31. The number of rotatable bonds is 4. The number of carbonyl (C=O) groups excluding carboxylic acids is 2. The summed E-state index contributed by atoms with van der Waals surface area (Å²) in [6.07, 6.45) is -0.627. The van der Waals surface area contributed by atoms with Gasteiger partial charge in [0.15, 0.2) is 0 Å². The van der Waals surface area contributed by atoms with Crippen LogP contribution in [0.3, 0.4) is 0 Å². The molecule has 7 heteroatoms. The molecule has 0 unspecified atom stereocenters. The Balaban J connectivity index is 0.00000232. The lowest BCUT2D eigenvalue weighted by Crippen LogP contribution is -2.35. The molecule has 0 saturated carbocycles. The Morgan fingerprint density at radius 2 is 1.70 bits per heavy atom. The molecular weight excluding hydrogens is 300 g/mol. The van der Waals surface area contributed by atoms with E-state index in [2.05, 4.69) is 15.6 Å². The van der Waals surface area contributed by atoms with Crippen molar-refractivity contribution in [3.8, 4) is 5.75 Å². The molecule has 130 valence electrons. The maximum Gasteiger partial charge on any atom is 0.426 e. The van der Waals surface area contributed by atoms with Crippen LogP contribution in [0.4, 0.5) is 10.5 Å². The van der Waals surface area contributed by atoms with Gasteiger partial charge in [-0.05, 0) is 39.0 Å². The first kappa shape index (κ1) is 20.6. The van der Waals surface area contributed by atoms with E-state index in [0.29, 0.717) is 11.4 Å². The molecule has 0 aliphatic rings. The van der Waals surface area contributed by atoms with Crippen molar-refractivity contribution in [3.05, 3.63) is 23.8 Å². The lowest BCUT2D eigenvalue weighted by molar-refractivity contribution is 0.0540. The topological polar surface area (TPSA) is 85.9 Å². The number of methoxy groups -OCH3 is 2. The quantitative estimate of drug-likeness (QED) is 0.652. The van der Waals surface area contributed by atoms with Crippen molar-refractivity contribution in [1.82, 2.24) is 5.43 Å². The molecule has 1 rings (SSSR count). The van der Waals surface area contributed by atoms with Crippen molar-refractivity contribution in [3.63, 3.8) is 0 Å². The Morgan fingerprint density at radius 3 is 2.17 bits per heavy atom. The van der Waals surface area contributed by atoms with Crippen LogP contribution >= 0.6 is 0 Å². The molecule has 0 radical (unpaired) electrons.